The van der Waals surface area contributed by atoms with Crippen LogP contribution in [0.5, 0.6) is 0 Å². The fraction of sp³-hybridized carbons (Fsp3) is 0.462. The lowest BCUT2D eigenvalue weighted by Gasteiger charge is -2.18. The fourth-order valence-corrected chi connectivity index (χ4v) is 1.56. The molecule has 2 aromatic rings. The van der Waals surface area contributed by atoms with E-state index in [4.69, 9.17) is 9.47 Å². The highest BCUT2D eigenvalue weighted by Gasteiger charge is 2.14. The zero-order valence-electron chi connectivity index (χ0n) is 11.5. The predicted octanol–water partition coefficient (Wildman–Crippen LogP) is 1.83. The maximum Gasteiger partial charge on any atom is 0.339 e. The molecule has 0 bridgehead atoms. The van der Waals surface area contributed by atoms with Crippen molar-refractivity contribution in [1.82, 2.24) is 14.6 Å². The van der Waals surface area contributed by atoms with Crippen molar-refractivity contribution in [3.05, 3.63) is 29.7 Å². The lowest BCUT2D eigenvalue weighted by atomic mass is 10.2. The van der Waals surface area contributed by atoms with E-state index in [-0.39, 0.29) is 5.60 Å². The van der Waals surface area contributed by atoms with E-state index < -0.39 is 5.97 Å². The molecule has 0 aromatic carbocycles. The number of fused-ring (bicyclic) bond motifs is 1. The smallest absolute Gasteiger partial charge is 0.339 e. The fourth-order valence-electron chi connectivity index (χ4n) is 1.56. The second-order valence-corrected chi connectivity index (χ2v) is 5.15. The average Bonchev–Trinajstić information content (AvgIpc) is 2.76. The van der Waals surface area contributed by atoms with Crippen molar-refractivity contribution in [1.29, 1.82) is 0 Å². The molecule has 6 heteroatoms. The second kappa shape index (κ2) is 4.97. The Balaban J connectivity index is 2.32. The van der Waals surface area contributed by atoms with Gasteiger partial charge in [-0.15, -0.1) is 10.2 Å². The van der Waals surface area contributed by atoms with Gasteiger partial charge in [0.25, 0.3) is 0 Å². The zero-order valence-corrected chi connectivity index (χ0v) is 11.5. The van der Waals surface area contributed by atoms with E-state index >= 15 is 0 Å². The molecule has 0 radical (unpaired) electrons. The van der Waals surface area contributed by atoms with Gasteiger partial charge in [0.2, 0.25) is 0 Å². The van der Waals surface area contributed by atoms with Gasteiger partial charge >= 0.3 is 5.97 Å². The van der Waals surface area contributed by atoms with Gasteiger partial charge in [-0.3, -0.25) is 4.40 Å². The third-order valence-electron chi connectivity index (χ3n) is 2.53. The third kappa shape index (κ3) is 3.08. The molecule has 0 aliphatic heterocycles. The highest BCUT2D eigenvalue weighted by atomic mass is 16.5. The third-order valence-corrected chi connectivity index (χ3v) is 2.53. The Hall–Kier alpha value is -1.95. The molecule has 0 saturated heterocycles. The van der Waals surface area contributed by atoms with E-state index in [0.29, 0.717) is 23.6 Å². The Morgan fingerprint density at radius 2 is 2.05 bits per heavy atom. The number of ether oxygens (including phenoxy) is 2. The Morgan fingerprint density at radius 3 is 2.68 bits per heavy atom. The second-order valence-electron chi connectivity index (χ2n) is 5.15. The van der Waals surface area contributed by atoms with Crippen molar-refractivity contribution in [3.8, 4) is 0 Å². The zero-order chi connectivity index (χ0) is 14.0. The summed E-state index contributed by atoms with van der Waals surface area (Å²) in [5.41, 5.74) is 0.859. The molecule has 2 rings (SSSR count). The van der Waals surface area contributed by atoms with Crippen molar-refractivity contribution in [2.24, 2.45) is 0 Å². The van der Waals surface area contributed by atoms with E-state index in [1.165, 1.54) is 7.11 Å². The minimum atomic E-state index is -0.390. The van der Waals surface area contributed by atoms with Crippen LogP contribution in [0, 0.1) is 0 Å². The molecule has 0 unspecified atom stereocenters. The summed E-state index contributed by atoms with van der Waals surface area (Å²) in [5, 5.41) is 8.09. The summed E-state index contributed by atoms with van der Waals surface area (Å²) in [6.45, 7) is 6.23. The highest BCUT2D eigenvalue weighted by molar-refractivity contribution is 5.89. The number of pyridine rings is 1. The number of rotatable bonds is 3. The van der Waals surface area contributed by atoms with E-state index in [1.54, 1.807) is 22.7 Å². The summed E-state index contributed by atoms with van der Waals surface area (Å²) in [4.78, 5) is 11.5. The first-order valence-corrected chi connectivity index (χ1v) is 5.96. The minimum absolute atomic E-state index is 0.258. The first-order chi connectivity index (χ1) is 8.90. The van der Waals surface area contributed by atoms with Gasteiger partial charge in [-0.25, -0.2) is 4.79 Å². The van der Waals surface area contributed by atoms with Crippen LogP contribution in [0.4, 0.5) is 0 Å². The molecule has 2 heterocycles. The lowest BCUT2D eigenvalue weighted by molar-refractivity contribution is -0.0184. The summed E-state index contributed by atoms with van der Waals surface area (Å²) in [5.74, 6) is 0.258. The van der Waals surface area contributed by atoms with Crippen molar-refractivity contribution >= 4 is 11.6 Å². The first-order valence-electron chi connectivity index (χ1n) is 5.96. The Morgan fingerprint density at radius 1 is 1.32 bits per heavy atom. The van der Waals surface area contributed by atoms with Gasteiger partial charge in [0.05, 0.1) is 18.3 Å². The number of hydrogen-bond donors (Lipinski definition) is 0. The van der Waals surface area contributed by atoms with Crippen LogP contribution in [-0.2, 0) is 16.1 Å². The largest absolute Gasteiger partial charge is 0.465 e. The predicted molar refractivity (Wildman–Crippen MR) is 68.9 cm³/mol. The normalized spacial score (nSPS) is 11.8. The molecule has 0 spiro atoms. The quantitative estimate of drug-likeness (QED) is 0.790. The molecule has 0 aliphatic rings. The maximum atomic E-state index is 11.5. The van der Waals surface area contributed by atoms with Crippen LogP contribution in [0.25, 0.3) is 5.65 Å². The molecular weight excluding hydrogens is 246 g/mol. The Kier molecular flexibility index (Phi) is 3.53. The molecule has 0 atom stereocenters. The summed E-state index contributed by atoms with van der Waals surface area (Å²) in [6.07, 6.45) is 1.66. The number of esters is 1. The Labute approximate surface area is 111 Å². The van der Waals surface area contributed by atoms with Crippen LogP contribution in [-0.4, -0.2) is 33.3 Å². The summed E-state index contributed by atoms with van der Waals surface area (Å²) in [6, 6.07) is 3.38. The van der Waals surface area contributed by atoms with Crippen LogP contribution < -0.4 is 0 Å². The van der Waals surface area contributed by atoms with Crippen LogP contribution in [0.2, 0.25) is 0 Å². The number of nitrogens with zero attached hydrogens (tertiary/aromatic N) is 3. The van der Waals surface area contributed by atoms with E-state index in [9.17, 15) is 4.79 Å². The molecule has 0 fully saturated rings. The van der Waals surface area contributed by atoms with Gasteiger partial charge < -0.3 is 9.47 Å². The average molecular weight is 263 g/mol. The molecule has 0 amide bonds. The van der Waals surface area contributed by atoms with Crippen LogP contribution in [0.1, 0.15) is 37.0 Å². The number of carbonyl (C=O) groups excluding carboxylic acids is 1. The van der Waals surface area contributed by atoms with Crippen LogP contribution in [0.3, 0.4) is 0 Å². The first kappa shape index (κ1) is 13.5. The standard InChI is InChI=1S/C13H17N3O3/c1-13(2,3)19-8-11-15-14-10-6-5-9(7-16(10)11)12(17)18-4/h5-7H,8H2,1-4H3. The van der Waals surface area contributed by atoms with E-state index in [1.807, 2.05) is 20.8 Å². The van der Waals surface area contributed by atoms with Gasteiger partial charge in [0, 0.05) is 6.20 Å². The molecule has 0 N–H and O–H groups in total. The molecule has 0 aliphatic carbocycles. The topological polar surface area (TPSA) is 65.7 Å². The molecule has 0 saturated carbocycles. The van der Waals surface area contributed by atoms with Gasteiger partial charge in [-0.05, 0) is 32.9 Å². The molecule has 2 aromatic heterocycles. The monoisotopic (exact) mass is 263 g/mol. The number of methoxy groups -OCH3 is 1. The number of carbonyl (C=O) groups is 1. The minimum Gasteiger partial charge on any atom is -0.465 e. The van der Waals surface area contributed by atoms with Crippen molar-refractivity contribution < 1.29 is 14.3 Å². The van der Waals surface area contributed by atoms with Gasteiger partial charge in [0.15, 0.2) is 11.5 Å². The summed E-state index contributed by atoms with van der Waals surface area (Å²) in [7, 11) is 1.35. The molecule has 102 valence electrons. The summed E-state index contributed by atoms with van der Waals surface area (Å²) >= 11 is 0. The number of aromatic nitrogens is 3. The summed E-state index contributed by atoms with van der Waals surface area (Å²) < 4.78 is 12.1. The van der Waals surface area contributed by atoms with Crippen molar-refractivity contribution in [2.75, 3.05) is 7.11 Å². The lowest BCUT2D eigenvalue weighted by Crippen LogP contribution is -2.19. The SMILES string of the molecule is COC(=O)c1ccc2nnc(COC(C)(C)C)n2c1. The molecule has 6 nitrogen and oxygen atoms in total. The van der Waals surface area contributed by atoms with Gasteiger partial charge in [0.1, 0.15) is 6.61 Å². The molecular formula is C13H17N3O3. The van der Waals surface area contributed by atoms with Gasteiger partial charge in [-0.2, -0.15) is 0 Å². The van der Waals surface area contributed by atoms with Crippen molar-refractivity contribution in [3.63, 3.8) is 0 Å². The molecule has 19 heavy (non-hydrogen) atoms. The highest BCUT2D eigenvalue weighted by Crippen LogP contribution is 2.13. The van der Waals surface area contributed by atoms with Gasteiger partial charge in [-0.1, -0.05) is 0 Å². The van der Waals surface area contributed by atoms with E-state index in [0.717, 1.165) is 0 Å². The van der Waals surface area contributed by atoms with Crippen molar-refractivity contribution in [2.45, 2.75) is 33.0 Å². The van der Waals surface area contributed by atoms with Crippen LogP contribution >= 0.6 is 0 Å². The Bertz CT molecular complexity index is 599. The number of hydrogen-bond acceptors (Lipinski definition) is 5. The maximum absolute atomic E-state index is 11.5. The van der Waals surface area contributed by atoms with Crippen LogP contribution in [0.15, 0.2) is 18.3 Å². The van der Waals surface area contributed by atoms with E-state index in [2.05, 4.69) is 10.2 Å².